The van der Waals surface area contributed by atoms with E-state index in [4.69, 9.17) is 9.84 Å². The largest absolute Gasteiger partial charge is 0.465 e. The highest BCUT2D eigenvalue weighted by atomic mass is 32.2. The van der Waals surface area contributed by atoms with E-state index < -0.39 is 22.2 Å². The van der Waals surface area contributed by atoms with Gasteiger partial charge in [-0.15, -0.1) is 0 Å². The highest BCUT2D eigenvalue weighted by Gasteiger charge is 2.28. The Hall–Kier alpha value is -1.95. The molecular formula is C17H26N4O6S. The molecule has 0 aromatic carbocycles. The quantitative estimate of drug-likeness (QED) is 0.608. The molecule has 0 bridgehead atoms. The summed E-state index contributed by atoms with van der Waals surface area (Å²) >= 11 is 0. The number of carboxylic acid groups (broad SMARTS) is 1. The molecule has 10 nitrogen and oxygen atoms in total. The number of pyridine rings is 1. The van der Waals surface area contributed by atoms with Crippen molar-refractivity contribution >= 4 is 21.9 Å². The van der Waals surface area contributed by atoms with Gasteiger partial charge in [-0.2, -0.15) is 0 Å². The number of likely N-dealkylation sites (tertiary alicyclic amines) is 1. The molecule has 0 spiro atoms. The van der Waals surface area contributed by atoms with E-state index in [1.54, 1.807) is 12.1 Å². The summed E-state index contributed by atoms with van der Waals surface area (Å²) in [5.41, 5.74) is 0.675. The van der Waals surface area contributed by atoms with Crippen LogP contribution in [0.1, 0.15) is 30.9 Å². The van der Waals surface area contributed by atoms with Crippen molar-refractivity contribution in [2.45, 2.75) is 31.4 Å². The molecule has 1 atom stereocenters. The Bertz CT molecular complexity index is 764. The molecule has 156 valence electrons. The smallest absolute Gasteiger partial charge is 0.405 e. The van der Waals surface area contributed by atoms with E-state index in [1.807, 2.05) is 0 Å². The first kappa shape index (κ1) is 20.8. The second-order valence-corrected chi connectivity index (χ2v) is 8.86. The van der Waals surface area contributed by atoms with Crippen LogP contribution in [0.5, 0.6) is 0 Å². The normalized spacial score (nSPS) is 22.0. The number of aliphatic hydroxyl groups is 1. The Morgan fingerprint density at radius 2 is 2.07 bits per heavy atom. The summed E-state index contributed by atoms with van der Waals surface area (Å²) in [6, 6.07) is 2.84. The van der Waals surface area contributed by atoms with E-state index in [-0.39, 0.29) is 18.6 Å². The summed E-state index contributed by atoms with van der Waals surface area (Å²) < 4.78 is 30.4. The molecule has 2 fully saturated rings. The van der Waals surface area contributed by atoms with Crippen LogP contribution >= 0.6 is 0 Å². The molecule has 0 saturated carbocycles. The third-order valence-corrected chi connectivity index (χ3v) is 6.53. The Balaban J connectivity index is 1.67. The van der Waals surface area contributed by atoms with E-state index in [1.165, 1.54) is 10.5 Å². The summed E-state index contributed by atoms with van der Waals surface area (Å²) in [6.07, 6.45) is 2.14. The molecule has 0 unspecified atom stereocenters. The molecule has 28 heavy (non-hydrogen) atoms. The Kier molecular flexibility index (Phi) is 6.70. The van der Waals surface area contributed by atoms with Gasteiger partial charge in [0.2, 0.25) is 0 Å². The van der Waals surface area contributed by atoms with Crippen LogP contribution in [0.15, 0.2) is 18.3 Å². The van der Waals surface area contributed by atoms with Gasteiger partial charge in [-0.05, 0) is 30.9 Å². The molecule has 1 amide bonds. The van der Waals surface area contributed by atoms with E-state index in [0.717, 1.165) is 25.9 Å². The van der Waals surface area contributed by atoms with Crippen molar-refractivity contribution in [2.75, 3.05) is 43.0 Å². The predicted octanol–water partition coefficient (Wildman–Crippen LogP) is 0.361. The van der Waals surface area contributed by atoms with Gasteiger partial charge in [0, 0.05) is 25.8 Å². The van der Waals surface area contributed by atoms with Gasteiger partial charge in [-0.3, -0.25) is 0 Å². The zero-order valence-electron chi connectivity index (χ0n) is 15.5. The van der Waals surface area contributed by atoms with Crippen LogP contribution in [-0.4, -0.2) is 79.4 Å². The standard InChI is InChI=1S/C17H26N4O6S/c22-14-3-6-20(7-4-14)8-5-15(19-17(23)24)13-1-2-16(18-11-13)21-9-10-27-12-28(21,25)26/h1-2,11,14-15,19,22H,3-10,12H2,(H,23,24)/t15-/m1/s1. The molecule has 2 aliphatic heterocycles. The maximum Gasteiger partial charge on any atom is 0.405 e. The lowest BCUT2D eigenvalue weighted by Gasteiger charge is -2.31. The van der Waals surface area contributed by atoms with Crippen LogP contribution in [0.4, 0.5) is 10.6 Å². The van der Waals surface area contributed by atoms with E-state index in [2.05, 4.69) is 15.2 Å². The van der Waals surface area contributed by atoms with Crippen LogP contribution in [0, 0.1) is 0 Å². The van der Waals surface area contributed by atoms with Gasteiger partial charge in [0.25, 0.3) is 10.0 Å². The number of nitrogens with zero attached hydrogens (tertiary/aromatic N) is 3. The number of ether oxygens (including phenoxy) is 1. The number of hydrogen-bond donors (Lipinski definition) is 3. The minimum absolute atomic E-state index is 0.201. The number of piperidine rings is 1. The third-order valence-electron chi connectivity index (χ3n) is 5.02. The SMILES string of the molecule is O=C(O)N[C@H](CCN1CCC(O)CC1)c1ccc(N2CCOCS2(=O)=O)nc1. The summed E-state index contributed by atoms with van der Waals surface area (Å²) in [4.78, 5) is 17.6. The first-order chi connectivity index (χ1) is 13.3. The maximum atomic E-state index is 12.1. The predicted molar refractivity (Wildman–Crippen MR) is 102 cm³/mol. The van der Waals surface area contributed by atoms with Crippen molar-refractivity contribution < 1.29 is 28.2 Å². The summed E-state index contributed by atoms with van der Waals surface area (Å²) in [6.45, 7) is 2.76. The maximum absolute atomic E-state index is 12.1. The number of rotatable bonds is 6. The van der Waals surface area contributed by atoms with E-state index in [9.17, 15) is 18.3 Å². The minimum Gasteiger partial charge on any atom is -0.465 e. The molecule has 0 radical (unpaired) electrons. The number of sulfonamides is 1. The molecule has 0 aliphatic carbocycles. The van der Waals surface area contributed by atoms with Crippen molar-refractivity contribution in [3.63, 3.8) is 0 Å². The summed E-state index contributed by atoms with van der Waals surface area (Å²) in [5, 5.41) is 21.3. The summed E-state index contributed by atoms with van der Waals surface area (Å²) in [7, 11) is -3.55. The molecule has 1 aromatic heterocycles. The molecule has 1 aromatic rings. The first-order valence-electron chi connectivity index (χ1n) is 9.29. The number of carbonyl (C=O) groups is 1. The van der Waals surface area contributed by atoms with Crippen LogP contribution in [0.25, 0.3) is 0 Å². The van der Waals surface area contributed by atoms with Gasteiger partial charge >= 0.3 is 6.09 Å². The Labute approximate surface area is 164 Å². The molecular weight excluding hydrogens is 388 g/mol. The van der Waals surface area contributed by atoms with Crippen LogP contribution in [-0.2, 0) is 14.8 Å². The minimum atomic E-state index is -3.55. The zero-order valence-corrected chi connectivity index (χ0v) is 16.3. The van der Waals surface area contributed by atoms with Gasteiger partial charge in [-0.1, -0.05) is 6.07 Å². The van der Waals surface area contributed by atoms with Crippen molar-refractivity contribution in [3.8, 4) is 0 Å². The monoisotopic (exact) mass is 414 g/mol. The van der Waals surface area contributed by atoms with Crippen LogP contribution < -0.4 is 9.62 Å². The lowest BCUT2D eigenvalue weighted by Crippen LogP contribution is -2.41. The number of aliphatic hydroxyl groups excluding tert-OH is 1. The highest BCUT2D eigenvalue weighted by molar-refractivity contribution is 7.92. The van der Waals surface area contributed by atoms with Gasteiger partial charge in [0.1, 0.15) is 5.82 Å². The van der Waals surface area contributed by atoms with Crippen LogP contribution in [0.3, 0.4) is 0 Å². The average Bonchev–Trinajstić information content (AvgIpc) is 2.66. The van der Waals surface area contributed by atoms with Gasteiger partial charge in [0.15, 0.2) is 5.94 Å². The first-order valence-corrected chi connectivity index (χ1v) is 10.9. The highest BCUT2D eigenvalue weighted by Crippen LogP contribution is 2.23. The van der Waals surface area contributed by atoms with Crippen molar-refractivity contribution in [1.82, 2.24) is 15.2 Å². The molecule has 3 N–H and O–H groups in total. The number of nitrogens with one attached hydrogen (secondary N) is 1. The lowest BCUT2D eigenvalue weighted by molar-refractivity contribution is 0.0806. The number of aromatic nitrogens is 1. The molecule has 2 aliphatic rings. The molecule has 11 heteroatoms. The van der Waals surface area contributed by atoms with E-state index >= 15 is 0 Å². The number of amides is 1. The Morgan fingerprint density at radius 1 is 1.32 bits per heavy atom. The van der Waals surface area contributed by atoms with Crippen molar-refractivity contribution in [1.29, 1.82) is 0 Å². The summed E-state index contributed by atoms with van der Waals surface area (Å²) in [5.74, 6) is -0.0735. The topological polar surface area (TPSA) is 132 Å². The number of anilines is 1. The Morgan fingerprint density at radius 3 is 2.68 bits per heavy atom. The fourth-order valence-corrected chi connectivity index (χ4v) is 4.65. The lowest BCUT2D eigenvalue weighted by atomic mass is 10.0. The van der Waals surface area contributed by atoms with Gasteiger partial charge < -0.3 is 25.2 Å². The molecule has 3 heterocycles. The average molecular weight is 414 g/mol. The number of hydrogen-bond acceptors (Lipinski definition) is 7. The second kappa shape index (κ2) is 9.03. The molecule has 3 rings (SSSR count). The fourth-order valence-electron chi connectivity index (χ4n) is 3.45. The third kappa shape index (κ3) is 5.31. The zero-order chi connectivity index (χ0) is 20.1. The van der Waals surface area contributed by atoms with E-state index in [0.29, 0.717) is 31.0 Å². The second-order valence-electron chi connectivity index (χ2n) is 7.02. The molecule has 2 saturated heterocycles. The van der Waals surface area contributed by atoms with Crippen LogP contribution in [0.2, 0.25) is 0 Å². The van der Waals surface area contributed by atoms with Crippen molar-refractivity contribution in [2.24, 2.45) is 0 Å². The van der Waals surface area contributed by atoms with Gasteiger partial charge in [0.05, 0.1) is 25.3 Å². The fraction of sp³-hybridized carbons (Fsp3) is 0.647. The van der Waals surface area contributed by atoms with Gasteiger partial charge in [-0.25, -0.2) is 22.5 Å². The van der Waals surface area contributed by atoms with Crippen molar-refractivity contribution in [3.05, 3.63) is 23.9 Å².